The van der Waals surface area contributed by atoms with Crippen LogP contribution in [0.2, 0.25) is 0 Å². The minimum atomic E-state index is -1.17. The Hall–Kier alpha value is -2.87. The van der Waals surface area contributed by atoms with Gasteiger partial charge < -0.3 is 14.6 Å². The molecule has 0 heterocycles. The molecule has 1 atom stereocenters. The molecule has 2 aliphatic carbocycles. The Balaban J connectivity index is 1.31. The number of aliphatic hydroxyl groups excluding tert-OH is 1. The second-order valence-electron chi connectivity index (χ2n) is 11.8. The van der Waals surface area contributed by atoms with Gasteiger partial charge in [-0.1, -0.05) is 31.6 Å². The number of benzene rings is 2. The molecular weight excluding hydrogens is 548 g/mol. The summed E-state index contributed by atoms with van der Waals surface area (Å²) in [7, 11) is 0. The Kier molecular flexibility index (Phi) is 11.5. The Morgan fingerprint density at radius 2 is 1.43 bits per heavy atom. The van der Waals surface area contributed by atoms with Crippen LogP contribution in [0, 0.1) is 35.1 Å². The third-order valence-electron chi connectivity index (χ3n) is 9.01. The van der Waals surface area contributed by atoms with Crippen LogP contribution in [0.4, 0.5) is 17.6 Å². The molecule has 4 rings (SSSR count). The lowest BCUT2D eigenvalue weighted by atomic mass is 9.76. The van der Waals surface area contributed by atoms with E-state index in [1.54, 1.807) is 6.08 Å². The summed E-state index contributed by atoms with van der Waals surface area (Å²) in [6, 6.07) is 5.78. The second-order valence-corrected chi connectivity index (χ2v) is 11.8. The molecule has 1 N–H and O–H groups in total. The summed E-state index contributed by atoms with van der Waals surface area (Å²) in [4.78, 5) is 12.8. The molecule has 2 saturated carbocycles. The van der Waals surface area contributed by atoms with Gasteiger partial charge in [-0.05, 0) is 112 Å². The largest absolute Gasteiger partial charge is 0.490 e. The number of hydrogen-bond acceptors (Lipinski definition) is 4. The summed E-state index contributed by atoms with van der Waals surface area (Å²) >= 11 is 0. The van der Waals surface area contributed by atoms with Crippen molar-refractivity contribution in [1.29, 1.82) is 0 Å². The van der Waals surface area contributed by atoms with Crippen LogP contribution in [0.3, 0.4) is 0 Å². The average molecular weight is 591 g/mol. The molecule has 0 spiro atoms. The molecule has 1 unspecified atom stereocenters. The molecule has 2 aliphatic rings. The SMILES string of the molecule is C=CCCCOc1ccc(C2CCC(C(=O)Oc3ccc(C4CCC(C(O)CCC)CC4)c(F)c3F)CC2)c(F)c1F. The maximum absolute atomic E-state index is 15.1. The van der Waals surface area contributed by atoms with Gasteiger partial charge in [-0.15, -0.1) is 6.58 Å². The highest BCUT2D eigenvalue weighted by atomic mass is 19.2. The number of carbonyl (C=O) groups is 1. The van der Waals surface area contributed by atoms with Crippen molar-refractivity contribution < 1.29 is 36.9 Å². The number of rotatable bonds is 12. The molecule has 2 aromatic carbocycles. The number of unbranched alkanes of at least 4 members (excludes halogenated alkanes) is 1. The molecule has 0 bridgehead atoms. The first-order valence-electron chi connectivity index (χ1n) is 15.3. The van der Waals surface area contributed by atoms with Gasteiger partial charge >= 0.3 is 5.97 Å². The smallest absolute Gasteiger partial charge is 0.314 e. The Morgan fingerprint density at radius 1 is 0.881 bits per heavy atom. The first-order valence-corrected chi connectivity index (χ1v) is 15.3. The van der Waals surface area contributed by atoms with Crippen molar-refractivity contribution in [2.24, 2.45) is 11.8 Å². The summed E-state index contributed by atoms with van der Waals surface area (Å²) < 4.78 is 70.1. The Morgan fingerprint density at radius 3 is 2.00 bits per heavy atom. The van der Waals surface area contributed by atoms with Gasteiger partial charge in [0.1, 0.15) is 0 Å². The number of allylic oxidation sites excluding steroid dienone is 1. The van der Waals surface area contributed by atoms with E-state index in [2.05, 4.69) is 6.58 Å². The van der Waals surface area contributed by atoms with Crippen molar-refractivity contribution in [2.45, 2.75) is 102 Å². The van der Waals surface area contributed by atoms with Crippen LogP contribution in [0.1, 0.15) is 107 Å². The first kappa shape index (κ1) is 32.1. The number of aliphatic hydroxyl groups is 1. The quantitative estimate of drug-likeness (QED) is 0.0882. The van der Waals surface area contributed by atoms with Crippen LogP contribution in [-0.4, -0.2) is 23.8 Å². The predicted molar refractivity (Wildman–Crippen MR) is 154 cm³/mol. The number of hydrogen-bond donors (Lipinski definition) is 1. The van der Waals surface area contributed by atoms with E-state index in [1.165, 1.54) is 24.3 Å². The molecule has 42 heavy (non-hydrogen) atoms. The standard InChI is InChI=1S/C34H42F4O4/c1-3-5-6-20-41-28-18-16-25(30(35)32(28)37)22-10-14-24(15-11-22)34(40)42-29-19-17-26(31(36)33(29)38)21-8-12-23(13-9-21)27(39)7-4-2/h3,16-19,21-24,27,39H,1,4-15,20H2,2H3. The van der Waals surface area contributed by atoms with Gasteiger partial charge in [0.15, 0.2) is 23.1 Å². The lowest BCUT2D eigenvalue weighted by Gasteiger charge is -2.32. The van der Waals surface area contributed by atoms with Crippen LogP contribution in [0.15, 0.2) is 36.9 Å². The molecule has 2 aromatic rings. The number of ether oxygens (including phenoxy) is 2. The van der Waals surface area contributed by atoms with E-state index in [1.807, 2.05) is 6.92 Å². The van der Waals surface area contributed by atoms with Gasteiger partial charge in [0.2, 0.25) is 11.6 Å². The number of carbonyl (C=O) groups excluding carboxylic acids is 1. The van der Waals surface area contributed by atoms with Crippen molar-refractivity contribution in [2.75, 3.05) is 6.61 Å². The third kappa shape index (κ3) is 7.55. The van der Waals surface area contributed by atoms with Crippen LogP contribution < -0.4 is 9.47 Å². The summed E-state index contributed by atoms with van der Waals surface area (Å²) in [5.74, 6) is -6.12. The molecule has 8 heteroatoms. The van der Waals surface area contributed by atoms with Gasteiger partial charge in [0.25, 0.3) is 0 Å². The molecule has 0 aromatic heterocycles. The zero-order chi connectivity index (χ0) is 30.2. The van der Waals surface area contributed by atoms with E-state index in [0.29, 0.717) is 51.4 Å². The molecule has 2 fully saturated rings. The van der Waals surface area contributed by atoms with E-state index in [4.69, 9.17) is 9.47 Å². The summed E-state index contributed by atoms with van der Waals surface area (Å²) in [5, 5.41) is 10.3. The molecule has 4 nitrogen and oxygen atoms in total. The lowest BCUT2D eigenvalue weighted by Crippen LogP contribution is -2.26. The van der Waals surface area contributed by atoms with E-state index < -0.39 is 40.9 Å². The molecule has 0 aliphatic heterocycles. The van der Waals surface area contributed by atoms with Crippen LogP contribution in [0.5, 0.6) is 11.5 Å². The van der Waals surface area contributed by atoms with E-state index in [-0.39, 0.29) is 47.3 Å². The summed E-state index contributed by atoms with van der Waals surface area (Å²) in [6.07, 6.45) is 8.83. The minimum Gasteiger partial charge on any atom is -0.490 e. The van der Waals surface area contributed by atoms with Crippen LogP contribution in [-0.2, 0) is 4.79 Å². The maximum atomic E-state index is 15.1. The Labute approximate surface area is 246 Å². The molecule has 0 saturated heterocycles. The van der Waals surface area contributed by atoms with Crippen LogP contribution >= 0.6 is 0 Å². The molecule has 0 radical (unpaired) electrons. The Bertz CT molecular complexity index is 1220. The maximum Gasteiger partial charge on any atom is 0.314 e. The van der Waals surface area contributed by atoms with Crippen LogP contribution in [0.25, 0.3) is 0 Å². The van der Waals surface area contributed by atoms with Crippen molar-refractivity contribution in [3.05, 3.63) is 71.3 Å². The zero-order valence-electron chi connectivity index (χ0n) is 24.4. The van der Waals surface area contributed by atoms with E-state index >= 15 is 4.39 Å². The second kappa shape index (κ2) is 15.0. The highest BCUT2D eigenvalue weighted by molar-refractivity contribution is 5.75. The van der Waals surface area contributed by atoms with E-state index in [0.717, 1.165) is 25.7 Å². The van der Waals surface area contributed by atoms with E-state index in [9.17, 15) is 23.1 Å². The highest BCUT2D eigenvalue weighted by Crippen LogP contribution is 2.42. The van der Waals surface area contributed by atoms with Gasteiger partial charge in [-0.3, -0.25) is 4.79 Å². The minimum absolute atomic E-state index is 0.128. The van der Waals surface area contributed by atoms with Gasteiger partial charge in [0, 0.05) is 0 Å². The van der Waals surface area contributed by atoms with Gasteiger partial charge in [-0.25, -0.2) is 8.78 Å². The van der Waals surface area contributed by atoms with Gasteiger partial charge in [-0.2, -0.15) is 8.78 Å². The monoisotopic (exact) mass is 590 g/mol. The summed E-state index contributed by atoms with van der Waals surface area (Å²) in [5.41, 5.74) is 0.522. The van der Waals surface area contributed by atoms with Crippen molar-refractivity contribution in [3.63, 3.8) is 0 Å². The normalized spacial score (nSPS) is 23.3. The van der Waals surface area contributed by atoms with Crippen molar-refractivity contribution >= 4 is 5.97 Å². The summed E-state index contributed by atoms with van der Waals surface area (Å²) in [6.45, 7) is 5.90. The number of halogens is 4. The van der Waals surface area contributed by atoms with Crippen molar-refractivity contribution in [3.8, 4) is 11.5 Å². The lowest BCUT2D eigenvalue weighted by molar-refractivity contribution is -0.140. The first-order chi connectivity index (χ1) is 20.2. The topological polar surface area (TPSA) is 55.8 Å². The number of esters is 1. The van der Waals surface area contributed by atoms with Crippen molar-refractivity contribution in [1.82, 2.24) is 0 Å². The fraction of sp³-hybridized carbons (Fsp3) is 0.559. The fourth-order valence-electron chi connectivity index (χ4n) is 6.50. The zero-order valence-corrected chi connectivity index (χ0v) is 24.4. The highest BCUT2D eigenvalue weighted by Gasteiger charge is 2.33. The molecular formula is C34H42F4O4. The van der Waals surface area contributed by atoms with Gasteiger partial charge in [0.05, 0.1) is 18.6 Å². The third-order valence-corrected chi connectivity index (χ3v) is 9.01. The average Bonchev–Trinajstić information content (AvgIpc) is 3.00. The fourth-order valence-corrected chi connectivity index (χ4v) is 6.50. The predicted octanol–water partition coefficient (Wildman–Crippen LogP) is 8.90. The molecule has 0 amide bonds. The molecule has 230 valence electrons.